The van der Waals surface area contributed by atoms with Crippen LogP contribution in [0.1, 0.15) is 28.4 Å². The minimum atomic E-state index is -0.565. The average Bonchev–Trinajstić information content (AvgIpc) is 2.84. The van der Waals surface area contributed by atoms with E-state index >= 15 is 0 Å². The van der Waals surface area contributed by atoms with Gasteiger partial charge in [-0.3, -0.25) is 19.8 Å². The Balaban J connectivity index is 1.63. The van der Waals surface area contributed by atoms with Crippen molar-refractivity contribution in [1.29, 1.82) is 0 Å². The van der Waals surface area contributed by atoms with E-state index in [1.165, 1.54) is 0 Å². The van der Waals surface area contributed by atoms with Crippen LogP contribution in [0.25, 0.3) is 6.08 Å². The molecule has 2 amide bonds. The van der Waals surface area contributed by atoms with Gasteiger partial charge in [0.05, 0.1) is 23.6 Å². The maximum atomic E-state index is 13.3. The number of carbonyl (C=O) groups is 3. The second-order valence-electron chi connectivity index (χ2n) is 7.37. The molecule has 0 saturated carbocycles. The van der Waals surface area contributed by atoms with Gasteiger partial charge in [0.2, 0.25) is 11.7 Å². The molecule has 0 radical (unpaired) electrons. The van der Waals surface area contributed by atoms with E-state index in [0.29, 0.717) is 40.4 Å². The topological polar surface area (TPSA) is 123 Å². The fourth-order valence-electron chi connectivity index (χ4n) is 3.46. The lowest BCUT2D eigenvalue weighted by Crippen LogP contribution is -2.30. The Morgan fingerprint density at radius 2 is 1.68 bits per heavy atom. The van der Waals surface area contributed by atoms with Crippen LogP contribution in [-0.2, 0) is 9.59 Å². The van der Waals surface area contributed by atoms with E-state index in [9.17, 15) is 14.4 Å². The molecule has 170 valence electrons. The molecule has 8 nitrogen and oxygen atoms in total. The number of benzene rings is 3. The standard InChI is InChI=1S/C26H22N4O4/c1-2-34-22-10-6-5-9-21(22)28-26(33)20-15-17-7-3-4-8-19(17)23(24(20)31)30-29-18-13-11-16(12-14-18)25(27)32/h3-15,29H,2H2,1H3,(H2,27,32)(H,28,33)/b30-23-. The molecule has 0 aliphatic heterocycles. The van der Waals surface area contributed by atoms with E-state index in [1.54, 1.807) is 72.8 Å². The lowest BCUT2D eigenvalue weighted by atomic mass is 9.89. The smallest absolute Gasteiger partial charge is 0.259 e. The van der Waals surface area contributed by atoms with Crippen molar-refractivity contribution in [1.82, 2.24) is 0 Å². The van der Waals surface area contributed by atoms with Crippen LogP contribution in [0, 0.1) is 0 Å². The Labute approximate surface area is 196 Å². The normalized spacial score (nSPS) is 13.6. The SMILES string of the molecule is CCOc1ccccc1NC(=O)C1=Cc2ccccc2/C(=N/Nc2ccc(C(N)=O)cc2)C1=O. The molecular formula is C26H22N4O4. The number of nitrogens with zero attached hydrogens (tertiary/aromatic N) is 1. The monoisotopic (exact) mass is 454 g/mol. The molecule has 1 aliphatic rings. The molecule has 3 aromatic rings. The summed E-state index contributed by atoms with van der Waals surface area (Å²) in [4.78, 5) is 37.7. The average molecular weight is 454 g/mol. The van der Waals surface area contributed by atoms with Gasteiger partial charge in [0.15, 0.2) is 0 Å². The van der Waals surface area contributed by atoms with Crippen LogP contribution in [0.5, 0.6) is 5.75 Å². The Morgan fingerprint density at radius 1 is 0.971 bits per heavy atom. The van der Waals surface area contributed by atoms with Crippen molar-refractivity contribution in [3.05, 3.63) is 95.1 Å². The number of ketones is 1. The van der Waals surface area contributed by atoms with Crippen molar-refractivity contribution in [2.75, 3.05) is 17.3 Å². The van der Waals surface area contributed by atoms with Gasteiger partial charge in [0.1, 0.15) is 11.5 Å². The highest BCUT2D eigenvalue weighted by molar-refractivity contribution is 6.59. The number of amides is 2. The zero-order valence-electron chi connectivity index (χ0n) is 18.4. The van der Waals surface area contributed by atoms with Crippen molar-refractivity contribution < 1.29 is 19.1 Å². The Kier molecular flexibility index (Phi) is 6.49. The van der Waals surface area contributed by atoms with Gasteiger partial charge in [0.25, 0.3) is 5.91 Å². The number of para-hydroxylation sites is 2. The number of hydrogen-bond donors (Lipinski definition) is 3. The highest BCUT2D eigenvalue weighted by Gasteiger charge is 2.30. The largest absolute Gasteiger partial charge is 0.492 e. The van der Waals surface area contributed by atoms with Gasteiger partial charge in [0, 0.05) is 11.1 Å². The van der Waals surface area contributed by atoms with Gasteiger partial charge in [-0.15, -0.1) is 0 Å². The van der Waals surface area contributed by atoms with Gasteiger partial charge in [-0.25, -0.2) is 0 Å². The van der Waals surface area contributed by atoms with Crippen LogP contribution in [0.4, 0.5) is 11.4 Å². The third-order valence-corrected chi connectivity index (χ3v) is 5.12. The number of anilines is 2. The lowest BCUT2D eigenvalue weighted by molar-refractivity contribution is -0.116. The number of fused-ring (bicyclic) bond motifs is 1. The van der Waals surface area contributed by atoms with E-state index < -0.39 is 17.6 Å². The number of hydrazone groups is 1. The highest BCUT2D eigenvalue weighted by Crippen LogP contribution is 2.27. The molecule has 8 heteroatoms. The Morgan fingerprint density at radius 3 is 2.41 bits per heavy atom. The Bertz CT molecular complexity index is 1330. The summed E-state index contributed by atoms with van der Waals surface area (Å²) in [7, 11) is 0. The number of primary amides is 1. The summed E-state index contributed by atoms with van der Waals surface area (Å²) in [6, 6.07) is 20.5. The minimum Gasteiger partial charge on any atom is -0.492 e. The molecule has 4 rings (SSSR count). The predicted octanol–water partition coefficient (Wildman–Crippen LogP) is 3.61. The van der Waals surface area contributed by atoms with Gasteiger partial charge in [-0.1, -0.05) is 36.4 Å². The molecule has 0 saturated heterocycles. The number of nitrogens with one attached hydrogen (secondary N) is 2. The van der Waals surface area contributed by atoms with Crippen LogP contribution < -0.4 is 21.2 Å². The molecule has 0 fully saturated rings. The molecule has 0 heterocycles. The van der Waals surface area contributed by atoms with Gasteiger partial charge in [-0.2, -0.15) is 5.10 Å². The van der Waals surface area contributed by atoms with Crippen molar-refractivity contribution in [3.8, 4) is 5.75 Å². The minimum absolute atomic E-state index is 0.0466. The van der Waals surface area contributed by atoms with Gasteiger partial charge < -0.3 is 15.8 Å². The fraction of sp³-hybridized carbons (Fsp3) is 0.0769. The van der Waals surface area contributed by atoms with Crippen LogP contribution in [-0.4, -0.2) is 29.9 Å². The van der Waals surface area contributed by atoms with Crippen molar-refractivity contribution in [3.63, 3.8) is 0 Å². The number of nitrogens with two attached hydrogens (primary N) is 1. The predicted molar refractivity (Wildman–Crippen MR) is 131 cm³/mol. The number of carbonyl (C=O) groups excluding carboxylic acids is 3. The molecule has 4 N–H and O–H groups in total. The summed E-state index contributed by atoms with van der Waals surface area (Å²) in [5.74, 6) is -1.12. The molecular weight excluding hydrogens is 432 g/mol. The third kappa shape index (κ3) is 4.71. The zero-order chi connectivity index (χ0) is 24.1. The first-order valence-electron chi connectivity index (χ1n) is 10.6. The van der Waals surface area contributed by atoms with Crippen molar-refractivity contribution in [2.24, 2.45) is 10.8 Å². The molecule has 0 atom stereocenters. The second-order valence-corrected chi connectivity index (χ2v) is 7.37. The lowest BCUT2D eigenvalue weighted by Gasteiger charge is -2.18. The Hall–Kier alpha value is -4.72. The number of rotatable bonds is 7. The second kappa shape index (κ2) is 9.83. The first-order chi connectivity index (χ1) is 16.5. The van der Waals surface area contributed by atoms with E-state index in [2.05, 4.69) is 15.8 Å². The highest BCUT2D eigenvalue weighted by atomic mass is 16.5. The van der Waals surface area contributed by atoms with E-state index in [4.69, 9.17) is 10.5 Å². The third-order valence-electron chi connectivity index (χ3n) is 5.12. The van der Waals surface area contributed by atoms with Crippen LogP contribution in [0.2, 0.25) is 0 Å². The van der Waals surface area contributed by atoms with E-state index in [1.807, 2.05) is 13.0 Å². The number of hydrogen-bond acceptors (Lipinski definition) is 6. The zero-order valence-corrected chi connectivity index (χ0v) is 18.4. The summed E-state index contributed by atoms with van der Waals surface area (Å²) in [6.45, 7) is 2.28. The summed E-state index contributed by atoms with van der Waals surface area (Å²) < 4.78 is 5.56. The maximum Gasteiger partial charge on any atom is 0.259 e. The molecule has 0 spiro atoms. The van der Waals surface area contributed by atoms with Crippen molar-refractivity contribution >= 4 is 40.8 Å². The summed E-state index contributed by atoms with van der Waals surface area (Å²) >= 11 is 0. The van der Waals surface area contributed by atoms with E-state index in [0.717, 1.165) is 0 Å². The fourth-order valence-corrected chi connectivity index (χ4v) is 3.46. The number of ether oxygens (including phenoxy) is 1. The quantitative estimate of drug-likeness (QED) is 0.372. The number of Topliss-reactive ketones (excluding diaryl/α,β-unsaturated/α-hetero) is 1. The molecule has 34 heavy (non-hydrogen) atoms. The first kappa shape index (κ1) is 22.5. The summed E-state index contributed by atoms with van der Waals surface area (Å²) in [5.41, 5.74) is 10.8. The summed E-state index contributed by atoms with van der Waals surface area (Å²) in [5, 5.41) is 7.06. The first-order valence-corrected chi connectivity index (χ1v) is 10.6. The molecule has 0 aromatic heterocycles. The molecule has 1 aliphatic carbocycles. The molecule has 3 aromatic carbocycles. The van der Waals surface area contributed by atoms with Crippen molar-refractivity contribution in [2.45, 2.75) is 6.92 Å². The van der Waals surface area contributed by atoms with Crippen LogP contribution in [0.3, 0.4) is 0 Å². The molecule has 0 unspecified atom stereocenters. The van der Waals surface area contributed by atoms with Crippen LogP contribution in [0.15, 0.2) is 83.5 Å². The van der Waals surface area contributed by atoms with Crippen LogP contribution >= 0.6 is 0 Å². The maximum absolute atomic E-state index is 13.3. The molecule has 0 bridgehead atoms. The van der Waals surface area contributed by atoms with Gasteiger partial charge >= 0.3 is 0 Å². The van der Waals surface area contributed by atoms with E-state index in [-0.39, 0.29) is 11.3 Å². The summed E-state index contributed by atoms with van der Waals surface area (Å²) in [6.07, 6.45) is 1.55. The van der Waals surface area contributed by atoms with Gasteiger partial charge in [-0.05, 0) is 55.0 Å².